The lowest BCUT2D eigenvalue weighted by molar-refractivity contribution is -0.0194. The molecule has 2 rings (SSSR count). The Morgan fingerprint density at radius 2 is 2.00 bits per heavy atom. The number of ether oxygens (including phenoxy) is 1. The van der Waals surface area contributed by atoms with Crippen molar-refractivity contribution in [1.82, 2.24) is 15.1 Å². The van der Waals surface area contributed by atoms with Crippen LogP contribution in [0.4, 0.5) is 0 Å². The maximum Gasteiger partial charge on any atom is 0.0826 e. The van der Waals surface area contributed by atoms with E-state index in [2.05, 4.69) is 29.2 Å². The van der Waals surface area contributed by atoms with Crippen LogP contribution in [-0.2, 0) is 4.74 Å². The second-order valence-corrected chi connectivity index (χ2v) is 5.59. The van der Waals surface area contributed by atoms with Crippen LogP contribution >= 0.6 is 0 Å². The van der Waals surface area contributed by atoms with Crippen molar-refractivity contribution in [3.05, 3.63) is 0 Å². The smallest absolute Gasteiger partial charge is 0.0826 e. The minimum atomic E-state index is 0.384. The number of likely N-dealkylation sites (N-methyl/N-ethyl adjacent to an activating group) is 1. The van der Waals surface area contributed by atoms with Gasteiger partial charge in [0.25, 0.3) is 0 Å². The first-order chi connectivity index (χ1) is 8.24. The molecule has 2 fully saturated rings. The van der Waals surface area contributed by atoms with E-state index in [1.54, 1.807) is 0 Å². The number of nitrogens with zero attached hydrogens (tertiary/aromatic N) is 2. The van der Waals surface area contributed by atoms with Gasteiger partial charge in [-0.15, -0.1) is 0 Å². The van der Waals surface area contributed by atoms with Crippen molar-refractivity contribution < 1.29 is 4.74 Å². The Labute approximate surface area is 105 Å². The van der Waals surface area contributed by atoms with Crippen LogP contribution in [-0.4, -0.2) is 75.4 Å². The number of likely N-dealkylation sites (tertiary alicyclic amines) is 1. The second-order valence-electron chi connectivity index (χ2n) is 5.59. The van der Waals surface area contributed by atoms with Crippen LogP contribution in [0.1, 0.15) is 19.3 Å². The molecule has 0 aromatic rings. The molecule has 2 aliphatic rings. The summed E-state index contributed by atoms with van der Waals surface area (Å²) in [6.07, 6.45) is 4.29. The van der Waals surface area contributed by atoms with Gasteiger partial charge in [-0.2, -0.15) is 0 Å². The monoisotopic (exact) mass is 241 g/mol. The van der Waals surface area contributed by atoms with E-state index in [1.807, 2.05) is 0 Å². The largest absolute Gasteiger partial charge is 0.374 e. The molecule has 0 aromatic carbocycles. The zero-order chi connectivity index (χ0) is 12.1. The van der Waals surface area contributed by atoms with Gasteiger partial charge in [0.1, 0.15) is 0 Å². The van der Waals surface area contributed by atoms with Crippen molar-refractivity contribution in [2.24, 2.45) is 0 Å². The fourth-order valence-corrected chi connectivity index (χ4v) is 2.73. The molecule has 0 bridgehead atoms. The molecule has 2 heterocycles. The summed E-state index contributed by atoms with van der Waals surface area (Å²) in [5, 5.41) is 3.69. The summed E-state index contributed by atoms with van der Waals surface area (Å²) < 4.78 is 5.78. The number of nitrogens with one attached hydrogen (secondary N) is 1. The second kappa shape index (κ2) is 6.69. The van der Waals surface area contributed by atoms with Crippen molar-refractivity contribution >= 4 is 0 Å². The van der Waals surface area contributed by atoms with E-state index in [9.17, 15) is 0 Å². The van der Waals surface area contributed by atoms with E-state index in [-0.39, 0.29) is 0 Å². The summed E-state index contributed by atoms with van der Waals surface area (Å²) in [6, 6.07) is 0.691. The molecule has 0 saturated carbocycles. The highest BCUT2D eigenvalue weighted by Crippen LogP contribution is 2.10. The van der Waals surface area contributed by atoms with Crippen LogP contribution in [0.2, 0.25) is 0 Å². The van der Waals surface area contributed by atoms with E-state index in [0.717, 1.165) is 26.2 Å². The topological polar surface area (TPSA) is 27.7 Å². The number of hydrogen-bond acceptors (Lipinski definition) is 4. The van der Waals surface area contributed by atoms with Crippen LogP contribution in [0.15, 0.2) is 0 Å². The minimum absolute atomic E-state index is 0.384. The highest BCUT2D eigenvalue weighted by molar-refractivity contribution is 4.77. The molecule has 4 nitrogen and oxygen atoms in total. The SMILES string of the molecule is CN1CCCC(NCC2CN(C)CCO2)CC1. The first-order valence-electron chi connectivity index (χ1n) is 6.96. The molecule has 2 aliphatic heterocycles. The lowest BCUT2D eigenvalue weighted by Gasteiger charge is -2.31. The molecule has 4 heteroatoms. The van der Waals surface area contributed by atoms with Gasteiger partial charge in [0, 0.05) is 25.7 Å². The van der Waals surface area contributed by atoms with Gasteiger partial charge in [0.15, 0.2) is 0 Å². The zero-order valence-electron chi connectivity index (χ0n) is 11.3. The van der Waals surface area contributed by atoms with Gasteiger partial charge in [-0.1, -0.05) is 0 Å². The van der Waals surface area contributed by atoms with Gasteiger partial charge in [-0.3, -0.25) is 0 Å². The molecule has 0 aliphatic carbocycles. The molecule has 0 radical (unpaired) electrons. The molecular formula is C13H27N3O. The molecule has 2 saturated heterocycles. The van der Waals surface area contributed by atoms with Gasteiger partial charge >= 0.3 is 0 Å². The van der Waals surface area contributed by atoms with E-state index in [0.29, 0.717) is 12.1 Å². The predicted octanol–water partition coefficient (Wildman–Crippen LogP) is 0.391. The predicted molar refractivity (Wildman–Crippen MR) is 70.4 cm³/mol. The Hall–Kier alpha value is -0.160. The van der Waals surface area contributed by atoms with Crippen molar-refractivity contribution in [3.63, 3.8) is 0 Å². The molecule has 17 heavy (non-hydrogen) atoms. The summed E-state index contributed by atoms with van der Waals surface area (Å²) in [4.78, 5) is 4.79. The normalized spacial score (nSPS) is 33.5. The van der Waals surface area contributed by atoms with Gasteiger partial charge in [0.2, 0.25) is 0 Å². The molecule has 0 spiro atoms. The summed E-state index contributed by atoms with van der Waals surface area (Å²) >= 11 is 0. The molecule has 2 unspecified atom stereocenters. The third-order valence-electron chi connectivity index (χ3n) is 3.93. The highest BCUT2D eigenvalue weighted by atomic mass is 16.5. The highest BCUT2D eigenvalue weighted by Gasteiger charge is 2.20. The molecule has 100 valence electrons. The Bertz CT molecular complexity index is 225. The molecule has 0 amide bonds. The fraction of sp³-hybridized carbons (Fsp3) is 1.00. The van der Waals surface area contributed by atoms with Crippen LogP contribution < -0.4 is 5.32 Å². The first kappa shape index (κ1) is 13.3. The Morgan fingerprint density at radius 1 is 1.12 bits per heavy atom. The summed E-state index contributed by atoms with van der Waals surface area (Å²) in [7, 11) is 4.40. The lowest BCUT2D eigenvalue weighted by Crippen LogP contribution is -2.46. The van der Waals surface area contributed by atoms with Crippen LogP contribution in [0.3, 0.4) is 0 Å². The standard InChI is InChI=1S/C13H27N3O/c1-15-6-3-4-12(5-7-15)14-10-13-11-16(2)8-9-17-13/h12-14H,3-11H2,1-2H3. The number of hydrogen-bond donors (Lipinski definition) is 1. The van der Waals surface area contributed by atoms with Crippen molar-refractivity contribution in [1.29, 1.82) is 0 Å². The van der Waals surface area contributed by atoms with Crippen LogP contribution in [0, 0.1) is 0 Å². The maximum absolute atomic E-state index is 5.78. The average molecular weight is 241 g/mol. The number of morpholine rings is 1. The van der Waals surface area contributed by atoms with E-state index < -0.39 is 0 Å². The molecule has 1 N–H and O–H groups in total. The lowest BCUT2D eigenvalue weighted by atomic mass is 10.1. The Morgan fingerprint density at radius 3 is 2.82 bits per heavy atom. The average Bonchev–Trinajstić information content (AvgIpc) is 2.52. The summed E-state index contributed by atoms with van der Waals surface area (Å²) in [5.41, 5.74) is 0. The maximum atomic E-state index is 5.78. The van der Waals surface area contributed by atoms with Gasteiger partial charge in [-0.25, -0.2) is 0 Å². The summed E-state index contributed by atoms with van der Waals surface area (Å²) in [5.74, 6) is 0. The molecule has 0 aromatic heterocycles. The first-order valence-corrected chi connectivity index (χ1v) is 6.96. The third kappa shape index (κ3) is 4.54. The van der Waals surface area contributed by atoms with Gasteiger partial charge in [0.05, 0.1) is 12.7 Å². The van der Waals surface area contributed by atoms with Gasteiger partial charge in [-0.05, 0) is 46.4 Å². The quantitative estimate of drug-likeness (QED) is 0.774. The van der Waals surface area contributed by atoms with E-state index in [1.165, 1.54) is 32.4 Å². The zero-order valence-corrected chi connectivity index (χ0v) is 11.3. The number of rotatable bonds is 3. The molecule has 2 atom stereocenters. The molecular weight excluding hydrogens is 214 g/mol. The Balaban J connectivity index is 1.66. The summed E-state index contributed by atoms with van der Waals surface area (Å²) in [6.45, 7) is 6.52. The van der Waals surface area contributed by atoms with Crippen LogP contribution in [0.5, 0.6) is 0 Å². The van der Waals surface area contributed by atoms with Crippen molar-refractivity contribution in [3.8, 4) is 0 Å². The van der Waals surface area contributed by atoms with E-state index >= 15 is 0 Å². The minimum Gasteiger partial charge on any atom is -0.374 e. The van der Waals surface area contributed by atoms with Crippen molar-refractivity contribution in [2.75, 3.05) is 53.4 Å². The van der Waals surface area contributed by atoms with Gasteiger partial charge < -0.3 is 19.9 Å². The van der Waals surface area contributed by atoms with Crippen LogP contribution in [0.25, 0.3) is 0 Å². The fourth-order valence-electron chi connectivity index (χ4n) is 2.73. The van der Waals surface area contributed by atoms with Crippen molar-refractivity contribution in [2.45, 2.75) is 31.4 Å². The third-order valence-corrected chi connectivity index (χ3v) is 3.93. The Kier molecular flexibility index (Phi) is 5.22. The van der Waals surface area contributed by atoms with E-state index in [4.69, 9.17) is 4.74 Å².